The molecule has 0 aliphatic heterocycles. The van der Waals surface area contributed by atoms with E-state index in [4.69, 9.17) is 0 Å². The molecule has 82 valence electrons. The van der Waals surface area contributed by atoms with Crippen LogP contribution in [0.25, 0.3) is 0 Å². The first-order valence-corrected chi connectivity index (χ1v) is 5.88. The highest BCUT2D eigenvalue weighted by molar-refractivity contribution is 7.07. The number of aryl methyl sites for hydroxylation is 1. The Bertz CT molecular complexity index is 549. The van der Waals surface area contributed by atoms with Crippen LogP contribution in [0.15, 0.2) is 45.9 Å². The van der Waals surface area contributed by atoms with Gasteiger partial charge in [0, 0.05) is 18.1 Å². The van der Waals surface area contributed by atoms with Crippen molar-refractivity contribution in [3.05, 3.63) is 51.8 Å². The summed E-state index contributed by atoms with van der Waals surface area (Å²) in [7, 11) is 1.99. The van der Waals surface area contributed by atoms with E-state index in [-0.39, 0.29) is 0 Å². The average Bonchev–Trinajstić information content (AvgIpc) is 2.62. The van der Waals surface area contributed by atoms with Gasteiger partial charge >= 0.3 is 0 Å². The van der Waals surface area contributed by atoms with Gasteiger partial charge in [-0.05, 0) is 12.5 Å². The van der Waals surface area contributed by atoms with Gasteiger partial charge in [-0.1, -0.05) is 30.3 Å². The maximum absolute atomic E-state index is 4.17. The second-order valence-electron chi connectivity index (χ2n) is 3.47. The van der Waals surface area contributed by atoms with Crippen molar-refractivity contribution in [2.24, 2.45) is 17.3 Å². The van der Waals surface area contributed by atoms with Crippen molar-refractivity contribution < 1.29 is 0 Å². The average molecular weight is 231 g/mol. The van der Waals surface area contributed by atoms with E-state index in [1.54, 1.807) is 17.6 Å². The van der Waals surface area contributed by atoms with Crippen LogP contribution in [-0.2, 0) is 7.05 Å². The number of aromatic nitrogens is 1. The Balaban J connectivity index is 2.21. The second-order valence-corrected chi connectivity index (χ2v) is 4.31. The van der Waals surface area contributed by atoms with Gasteiger partial charge < -0.3 is 4.57 Å². The fraction of sp³-hybridized carbons (Fsp3) is 0.167. The fourth-order valence-electron chi connectivity index (χ4n) is 1.22. The number of nitrogens with zero attached hydrogens (tertiary/aromatic N) is 3. The molecule has 2 aromatic rings. The van der Waals surface area contributed by atoms with Crippen molar-refractivity contribution in [1.82, 2.24) is 4.57 Å². The summed E-state index contributed by atoms with van der Waals surface area (Å²) in [5, 5.41) is 10.3. The molecule has 3 nitrogen and oxygen atoms in total. The van der Waals surface area contributed by atoms with Crippen molar-refractivity contribution in [3.8, 4) is 0 Å². The molecule has 0 bridgehead atoms. The lowest BCUT2D eigenvalue weighted by Gasteiger charge is -1.91. The van der Waals surface area contributed by atoms with Gasteiger partial charge in [-0.25, -0.2) is 0 Å². The van der Waals surface area contributed by atoms with Crippen LogP contribution in [0.2, 0.25) is 0 Å². The minimum Gasteiger partial charge on any atom is -0.323 e. The predicted octanol–water partition coefficient (Wildman–Crippen LogP) is 2.33. The molecule has 0 aliphatic rings. The van der Waals surface area contributed by atoms with Crippen LogP contribution in [0.4, 0.5) is 0 Å². The summed E-state index contributed by atoms with van der Waals surface area (Å²) in [5.74, 6) is 0. The number of benzene rings is 1. The van der Waals surface area contributed by atoms with Crippen LogP contribution in [-0.4, -0.2) is 10.8 Å². The van der Waals surface area contributed by atoms with Gasteiger partial charge in [0.1, 0.15) is 0 Å². The SMILES string of the molecule is Cc1cs/c(=N/N=C/c2ccccc2)n1C. The van der Waals surface area contributed by atoms with Crippen molar-refractivity contribution in [2.45, 2.75) is 6.92 Å². The summed E-state index contributed by atoms with van der Waals surface area (Å²) < 4.78 is 2.02. The Kier molecular flexibility index (Phi) is 3.31. The second kappa shape index (κ2) is 4.90. The van der Waals surface area contributed by atoms with Crippen LogP contribution in [0.5, 0.6) is 0 Å². The maximum atomic E-state index is 4.17. The first kappa shape index (κ1) is 10.8. The lowest BCUT2D eigenvalue weighted by atomic mass is 10.2. The molecular formula is C12H13N3S. The third-order valence-electron chi connectivity index (χ3n) is 2.30. The summed E-state index contributed by atoms with van der Waals surface area (Å²) in [6.45, 7) is 2.05. The van der Waals surface area contributed by atoms with Crippen LogP contribution in [0.3, 0.4) is 0 Å². The highest BCUT2D eigenvalue weighted by Crippen LogP contribution is 1.97. The fourth-order valence-corrected chi connectivity index (χ4v) is 2.05. The van der Waals surface area contributed by atoms with Crippen molar-refractivity contribution in [2.75, 3.05) is 0 Å². The highest BCUT2D eigenvalue weighted by atomic mass is 32.1. The molecule has 0 fully saturated rings. The molecule has 0 N–H and O–H groups in total. The van der Waals surface area contributed by atoms with Crippen LogP contribution in [0.1, 0.15) is 11.3 Å². The third-order valence-corrected chi connectivity index (χ3v) is 3.33. The molecule has 0 saturated heterocycles. The zero-order chi connectivity index (χ0) is 11.4. The van der Waals surface area contributed by atoms with E-state index < -0.39 is 0 Å². The molecule has 1 heterocycles. The summed E-state index contributed by atoms with van der Waals surface area (Å²) in [6.07, 6.45) is 1.76. The molecule has 0 unspecified atom stereocenters. The first-order chi connectivity index (χ1) is 7.77. The van der Waals surface area contributed by atoms with Gasteiger partial charge in [-0.3, -0.25) is 0 Å². The maximum Gasteiger partial charge on any atom is 0.210 e. The molecule has 1 aromatic heterocycles. The quantitative estimate of drug-likeness (QED) is 0.561. The minimum atomic E-state index is 0.907. The van der Waals surface area contributed by atoms with Gasteiger partial charge in [0.05, 0.1) is 6.21 Å². The summed E-state index contributed by atoms with van der Waals surface area (Å²) >= 11 is 1.59. The van der Waals surface area contributed by atoms with Gasteiger partial charge in [0.25, 0.3) is 0 Å². The Morgan fingerprint density at radius 2 is 2.00 bits per heavy atom. The largest absolute Gasteiger partial charge is 0.323 e. The van der Waals surface area contributed by atoms with Crippen molar-refractivity contribution in [1.29, 1.82) is 0 Å². The lowest BCUT2D eigenvalue weighted by molar-refractivity contribution is 0.820. The topological polar surface area (TPSA) is 29.6 Å². The van der Waals surface area contributed by atoms with E-state index in [0.717, 1.165) is 10.4 Å². The Hall–Kier alpha value is -1.68. The first-order valence-electron chi connectivity index (χ1n) is 5.00. The van der Waals surface area contributed by atoms with Gasteiger partial charge in [0.15, 0.2) is 0 Å². The number of hydrogen-bond acceptors (Lipinski definition) is 3. The van der Waals surface area contributed by atoms with Crippen LogP contribution >= 0.6 is 11.3 Å². The molecule has 0 atom stereocenters. The van der Waals surface area contributed by atoms with E-state index in [0.29, 0.717) is 0 Å². The molecule has 0 radical (unpaired) electrons. The smallest absolute Gasteiger partial charge is 0.210 e. The van der Waals surface area contributed by atoms with E-state index >= 15 is 0 Å². The molecule has 0 aliphatic carbocycles. The third kappa shape index (κ3) is 2.46. The van der Waals surface area contributed by atoms with Crippen molar-refractivity contribution in [3.63, 3.8) is 0 Å². The predicted molar refractivity (Wildman–Crippen MR) is 67.6 cm³/mol. The van der Waals surface area contributed by atoms with E-state index in [1.807, 2.05) is 41.9 Å². The van der Waals surface area contributed by atoms with Crippen molar-refractivity contribution >= 4 is 17.6 Å². The van der Waals surface area contributed by atoms with E-state index in [1.165, 1.54) is 5.69 Å². The molecule has 4 heteroatoms. The summed E-state index contributed by atoms with van der Waals surface area (Å²) in [6, 6.07) is 9.95. The Labute approximate surface area is 98.4 Å². The Morgan fingerprint density at radius 1 is 1.25 bits per heavy atom. The summed E-state index contributed by atoms with van der Waals surface area (Å²) in [5.41, 5.74) is 2.25. The number of thiazole rings is 1. The molecule has 1 aromatic carbocycles. The molecule has 0 spiro atoms. The van der Waals surface area contributed by atoms with E-state index in [9.17, 15) is 0 Å². The number of hydrogen-bond donors (Lipinski definition) is 0. The molecule has 2 rings (SSSR count). The van der Waals surface area contributed by atoms with Gasteiger partial charge in [-0.2, -0.15) is 5.10 Å². The van der Waals surface area contributed by atoms with Gasteiger partial charge in [0.2, 0.25) is 4.80 Å². The highest BCUT2D eigenvalue weighted by Gasteiger charge is 1.93. The zero-order valence-electron chi connectivity index (χ0n) is 9.29. The lowest BCUT2D eigenvalue weighted by Crippen LogP contribution is -2.10. The van der Waals surface area contributed by atoms with Crippen LogP contribution < -0.4 is 4.80 Å². The molecular weight excluding hydrogens is 218 g/mol. The normalized spacial score (nSPS) is 12.5. The zero-order valence-corrected chi connectivity index (χ0v) is 10.1. The Morgan fingerprint density at radius 3 is 2.62 bits per heavy atom. The standard InChI is InChI=1S/C12H13N3S/c1-10-9-16-12(15(10)2)14-13-8-11-6-4-3-5-7-11/h3-9H,1-2H3/b13-8+,14-12+. The number of rotatable bonds is 2. The molecule has 0 saturated carbocycles. The summed E-state index contributed by atoms with van der Waals surface area (Å²) in [4.78, 5) is 0.907. The van der Waals surface area contributed by atoms with E-state index in [2.05, 4.69) is 22.5 Å². The molecule has 0 amide bonds. The molecule has 16 heavy (non-hydrogen) atoms. The minimum absolute atomic E-state index is 0.907. The monoisotopic (exact) mass is 231 g/mol. The van der Waals surface area contributed by atoms with Crippen LogP contribution in [0, 0.1) is 6.92 Å². The van der Waals surface area contributed by atoms with Gasteiger partial charge in [-0.15, -0.1) is 16.4 Å².